The van der Waals surface area contributed by atoms with Crippen LogP contribution < -0.4 is 9.46 Å². The van der Waals surface area contributed by atoms with E-state index in [0.717, 1.165) is 44.3 Å². The molecule has 0 aromatic heterocycles. The minimum absolute atomic E-state index is 0.0278. The van der Waals surface area contributed by atoms with E-state index >= 15 is 0 Å². The zero-order valence-electron chi connectivity index (χ0n) is 20.5. The average Bonchev–Trinajstić information content (AvgIpc) is 3.70. The first kappa shape index (κ1) is 28.1. The Bertz CT molecular complexity index is 1260. The number of likely N-dealkylation sites (tertiary alicyclic amines) is 1. The van der Waals surface area contributed by atoms with Gasteiger partial charge >= 0.3 is 0 Å². The molecule has 1 heterocycles. The third kappa shape index (κ3) is 7.34. The fourth-order valence-corrected chi connectivity index (χ4v) is 5.58. The van der Waals surface area contributed by atoms with Crippen LogP contribution >= 0.6 is 23.2 Å². The van der Waals surface area contributed by atoms with E-state index in [2.05, 4.69) is 4.90 Å². The van der Waals surface area contributed by atoms with Gasteiger partial charge in [0.25, 0.3) is 5.91 Å². The maximum atomic E-state index is 14.8. The summed E-state index contributed by atoms with van der Waals surface area (Å²) in [5, 5.41) is 0.443. The van der Waals surface area contributed by atoms with Crippen LogP contribution in [-0.4, -0.2) is 51.2 Å². The van der Waals surface area contributed by atoms with Gasteiger partial charge in [-0.3, -0.25) is 4.79 Å². The number of hydrogen-bond acceptors (Lipinski definition) is 5. The van der Waals surface area contributed by atoms with Crippen LogP contribution in [0.25, 0.3) is 0 Å². The van der Waals surface area contributed by atoms with Crippen molar-refractivity contribution in [1.29, 1.82) is 0 Å². The molecular weight excluding hydrogens is 545 g/mol. The molecule has 11 heteroatoms. The molecule has 1 amide bonds. The Morgan fingerprint density at radius 3 is 2.46 bits per heavy atom. The molecule has 1 saturated carbocycles. The Labute approximate surface area is 226 Å². The maximum absolute atomic E-state index is 14.8. The zero-order chi connectivity index (χ0) is 26.7. The van der Waals surface area contributed by atoms with Crippen molar-refractivity contribution < 1.29 is 26.7 Å². The Morgan fingerprint density at radius 2 is 1.81 bits per heavy atom. The van der Waals surface area contributed by atoms with Crippen LogP contribution in [-0.2, 0) is 16.4 Å². The summed E-state index contributed by atoms with van der Waals surface area (Å²) in [5.41, 5.74) is 0.944. The van der Waals surface area contributed by atoms with E-state index in [1.165, 1.54) is 25.1 Å². The summed E-state index contributed by atoms with van der Waals surface area (Å²) < 4.78 is 60.4. The standard InChI is InChI=1S/C26H30Cl2F2N2O4S/c1-2-37(34,35)31-26(33)21-13-20(17-3-4-17)24(14-23(21)29)36-15-16-5-8-32(9-6-16)10-7-18-11-19(27)12-22(28)25(18)30/h11-14,16-17H,2-10,15H2,1H3,(H,31,33). The summed E-state index contributed by atoms with van der Waals surface area (Å²) in [6, 6.07) is 5.62. The smallest absolute Gasteiger partial charge is 0.267 e. The average molecular weight is 576 g/mol. The molecule has 0 radical (unpaired) electrons. The third-order valence-electron chi connectivity index (χ3n) is 6.94. The van der Waals surface area contributed by atoms with Gasteiger partial charge in [0.15, 0.2) is 0 Å². The number of benzene rings is 2. The molecule has 0 atom stereocenters. The highest BCUT2D eigenvalue weighted by Crippen LogP contribution is 2.45. The quantitative estimate of drug-likeness (QED) is 0.376. The van der Waals surface area contributed by atoms with Gasteiger partial charge in [0.2, 0.25) is 10.0 Å². The van der Waals surface area contributed by atoms with Crippen molar-refractivity contribution in [3.8, 4) is 5.75 Å². The monoisotopic (exact) mass is 574 g/mol. The van der Waals surface area contributed by atoms with Crippen molar-refractivity contribution in [3.63, 3.8) is 0 Å². The Balaban J connectivity index is 1.32. The maximum Gasteiger partial charge on any atom is 0.267 e. The molecule has 0 unspecified atom stereocenters. The molecule has 1 aliphatic heterocycles. The highest BCUT2D eigenvalue weighted by atomic mass is 35.5. The number of piperidine rings is 1. The second-order valence-electron chi connectivity index (χ2n) is 9.69. The number of halogens is 4. The summed E-state index contributed by atoms with van der Waals surface area (Å²) in [6.45, 7) is 4.17. The van der Waals surface area contributed by atoms with Crippen molar-refractivity contribution in [2.75, 3.05) is 32.0 Å². The molecule has 202 valence electrons. The largest absolute Gasteiger partial charge is 0.493 e. The molecule has 2 fully saturated rings. The van der Waals surface area contributed by atoms with Crippen LogP contribution in [0.2, 0.25) is 10.0 Å². The normalized spacial score (nSPS) is 17.1. The lowest BCUT2D eigenvalue weighted by Crippen LogP contribution is -2.36. The van der Waals surface area contributed by atoms with Gasteiger partial charge in [0.05, 0.1) is 22.9 Å². The van der Waals surface area contributed by atoms with Crippen LogP contribution in [0.5, 0.6) is 5.75 Å². The van der Waals surface area contributed by atoms with E-state index in [1.807, 2.05) is 4.72 Å². The number of amides is 1. The van der Waals surface area contributed by atoms with Crippen molar-refractivity contribution >= 4 is 39.1 Å². The van der Waals surface area contributed by atoms with E-state index in [1.54, 1.807) is 6.07 Å². The van der Waals surface area contributed by atoms with Gasteiger partial charge in [-0.25, -0.2) is 21.9 Å². The summed E-state index contributed by atoms with van der Waals surface area (Å²) in [7, 11) is -3.80. The predicted octanol–water partition coefficient (Wildman–Crippen LogP) is 5.56. The highest BCUT2D eigenvalue weighted by Gasteiger charge is 2.30. The van der Waals surface area contributed by atoms with Crippen molar-refractivity contribution in [2.45, 2.75) is 44.9 Å². The van der Waals surface area contributed by atoms with Crippen LogP contribution in [0, 0.1) is 17.6 Å². The summed E-state index contributed by atoms with van der Waals surface area (Å²) in [4.78, 5) is 14.6. The highest BCUT2D eigenvalue weighted by molar-refractivity contribution is 7.90. The van der Waals surface area contributed by atoms with E-state index in [9.17, 15) is 22.0 Å². The van der Waals surface area contributed by atoms with Crippen LogP contribution in [0.4, 0.5) is 8.78 Å². The molecule has 0 spiro atoms. The molecule has 37 heavy (non-hydrogen) atoms. The van der Waals surface area contributed by atoms with Gasteiger partial charge in [-0.2, -0.15) is 0 Å². The topological polar surface area (TPSA) is 75.7 Å². The fourth-order valence-electron chi connectivity index (χ4n) is 4.51. The number of carbonyl (C=O) groups excluding carboxylic acids is 1. The van der Waals surface area contributed by atoms with Crippen LogP contribution in [0.3, 0.4) is 0 Å². The minimum Gasteiger partial charge on any atom is -0.493 e. The lowest BCUT2D eigenvalue weighted by Gasteiger charge is -2.32. The van der Waals surface area contributed by atoms with Crippen LogP contribution in [0.15, 0.2) is 24.3 Å². The molecule has 6 nitrogen and oxygen atoms in total. The first-order valence-electron chi connectivity index (χ1n) is 12.4. The first-order chi connectivity index (χ1) is 17.6. The summed E-state index contributed by atoms with van der Waals surface area (Å²) in [6.07, 6.45) is 4.10. The molecule has 0 bridgehead atoms. The van der Waals surface area contributed by atoms with Crippen molar-refractivity contribution in [2.24, 2.45) is 5.92 Å². The van der Waals surface area contributed by atoms with Gasteiger partial charge in [-0.05, 0) is 93.3 Å². The molecule has 2 aromatic carbocycles. The molecule has 2 aliphatic rings. The number of sulfonamides is 1. The van der Waals surface area contributed by atoms with E-state index < -0.39 is 27.6 Å². The Kier molecular flexibility index (Phi) is 8.99. The SMILES string of the molecule is CCS(=O)(=O)NC(=O)c1cc(C2CC2)c(OCC2CCN(CCc3cc(Cl)cc(Cl)c3F)CC2)cc1F. The lowest BCUT2D eigenvalue weighted by molar-refractivity contribution is 0.0977. The third-order valence-corrected chi connectivity index (χ3v) is 8.69. The van der Waals surface area contributed by atoms with Gasteiger partial charge in [0.1, 0.15) is 17.4 Å². The second-order valence-corrected chi connectivity index (χ2v) is 12.5. The number of hydrogen-bond donors (Lipinski definition) is 1. The van der Waals surface area contributed by atoms with Gasteiger partial charge in [-0.1, -0.05) is 23.2 Å². The van der Waals surface area contributed by atoms with Crippen molar-refractivity contribution in [1.82, 2.24) is 9.62 Å². The number of rotatable bonds is 10. The fraction of sp³-hybridized carbons (Fsp3) is 0.500. The lowest BCUT2D eigenvalue weighted by atomic mass is 9.97. The van der Waals surface area contributed by atoms with E-state index in [4.69, 9.17) is 27.9 Å². The molecule has 1 aliphatic carbocycles. The van der Waals surface area contributed by atoms with E-state index in [-0.39, 0.29) is 28.2 Å². The number of carbonyl (C=O) groups is 1. The van der Waals surface area contributed by atoms with Gasteiger partial charge in [0, 0.05) is 17.6 Å². The number of nitrogens with one attached hydrogen (secondary N) is 1. The van der Waals surface area contributed by atoms with E-state index in [0.29, 0.717) is 35.9 Å². The summed E-state index contributed by atoms with van der Waals surface area (Å²) >= 11 is 11.9. The van der Waals surface area contributed by atoms with Crippen molar-refractivity contribution in [3.05, 3.63) is 62.6 Å². The molecule has 1 saturated heterocycles. The number of nitrogens with zero attached hydrogens (tertiary/aromatic N) is 1. The first-order valence-corrected chi connectivity index (χ1v) is 14.8. The minimum atomic E-state index is -3.80. The zero-order valence-corrected chi connectivity index (χ0v) is 22.9. The Hall–Kier alpha value is -1.94. The molecular formula is C26H30Cl2F2N2O4S. The number of ether oxygens (including phenoxy) is 1. The molecule has 2 aromatic rings. The van der Waals surface area contributed by atoms with Crippen LogP contribution in [0.1, 0.15) is 60.0 Å². The predicted molar refractivity (Wildman–Crippen MR) is 140 cm³/mol. The summed E-state index contributed by atoms with van der Waals surface area (Å²) in [5.74, 6) is -1.63. The second kappa shape index (κ2) is 11.8. The van der Waals surface area contributed by atoms with Gasteiger partial charge in [-0.15, -0.1) is 0 Å². The molecule has 4 rings (SSSR count). The molecule has 1 N–H and O–H groups in total. The van der Waals surface area contributed by atoms with Gasteiger partial charge < -0.3 is 9.64 Å². The Morgan fingerprint density at radius 1 is 1.11 bits per heavy atom.